The summed E-state index contributed by atoms with van der Waals surface area (Å²) in [6, 6.07) is 13.2. The van der Waals surface area contributed by atoms with Crippen molar-refractivity contribution in [2.45, 2.75) is 36.7 Å². The molecule has 0 aliphatic carbocycles. The normalized spacial score (nSPS) is 15.0. The number of aliphatic hydroxyl groups excluding tert-OH is 2. The number of pyridine rings is 2. The average molecular weight is 611 g/mol. The van der Waals surface area contributed by atoms with Crippen LogP contribution in [-0.2, 0) is 16.4 Å². The minimum atomic E-state index is -3.88. The molecule has 3 heterocycles. The van der Waals surface area contributed by atoms with Crippen LogP contribution >= 0.6 is 0 Å². The molecule has 1 saturated heterocycles. The first-order valence-electron chi connectivity index (χ1n) is 13.8. The van der Waals surface area contributed by atoms with Gasteiger partial charge in [-0.3, -0.25) is 19.1 Å². The number of amides is 1. The van der Waals surface area contributed by atoms with Gasteiger partial charge in [0.25, 0.3) is 11.5 Å². The lowest BCUT2D eigenvalue weighted by Gasteiger charge is -2.26. The van der Waals surface area contributed by atoms with Crippen molar-refractivity contribution in [3.05, 3.63) is 93.7 Å². The van der Waals surface area contributed by atoms with Gasteiger partial charge in [0.2, 0.25) is 10.0 Å². The van der Waals surface area contributed by atoms with Crippen LogP contribution in [0.3, 0.4) is 0 Å². The topological polar surface area (TPSA) is 162 Å². The second-order valence-corrected chi connectivity index (χ2v) is 12.3. The van der Waals surface area contributed by atoms with E-state index in [9.17, 15) is 32.6 Å². The zero-order valence-corrected chi connectivity index (χ0v) is 23.9. The quantitative estimate of drug-likeness (QED) is 0.224. The van der Waals surface area contributed by atoms with Crippen LogP contribution in [0.25, 0.3) is 16.7 Å². The number of carbonyl (C=O) groups excluding carboxylic acids is 1. The minimum absolute atomic E-state index is 0.0347. The largest absolute Gasteiger partial charge is 0.505 e. The van der Waals surface area contributed by atoms with Gasteiger partial charge < -0.3 is 20.6 Å². The van der Waals surface area contributed by atoms with E-state index in [1.54, 1.807) is 18.2 Å². The third-order valence-corrected chi connectivity index (χ3v) is 9.22. The van der Waals surface area contributed by atoms with Crippen molar-refractivity contribution in [1.82, 2.24) is 19.2 Å². The van der Waals surface area contributed by atoms with Crippen LogP contribution in [0.15, 0.2) is 70.5 Å². The van der Waals surface area contributed by atoms with Gasteiger partial charge in [-0.1, -0.05) is 24.6 Å². The lowest BCUT2D eigenvalue weighted by Crippen LogP contribution is -2.38. The van der Waals surface area contributed by atoms with E-state index in [1.165, 1.54) is 46.9 Å². The Balaban J connectivity index is 1.68. The summed E-state index contributed by atoms with van der Waals surface area (Å²) in [6.07, 6.45) is 2.89. The van der Waals surface area contributed by atoms with Crippen molar-refractivity contribution in [3.63, 3.8) is 0 Å². The molecule has 11 nitrogen and oxygen atoms in total. The summed E-state index contributed by atoms with van der Waals surface area (Å²) in [5.74, 6) is -2.10. The number of nitrogens with zero attached hydrogens (tertiary/aromatic N) is 3. The monoisotopic (exact) mass is 610 g/mol. The molecule has 1 atom stereocenters. The Bertz CT molecular complexity index is 1820. The number of nitrogens with one attached hydrogen (secondary N) is 1. The maximum atomic E-state index is 13.9. The van der Waals surface area contributed by atoms with Gasteiger partial charge in [-0.15, -0.1) is 0 Å². The molecule has 5 rings (SSSR count). The Hall–Kier alpha value is -4.17. The Labute approximate surface area is 246 Å². The molecule has 1 fully saturated rings. The number of rotatable bonds is 9. The smallest absolute Gasteiger partial charge is 0.272 e. The number of fused-ring (bicyclic) bond motifs is 1. The Morgan fingerprint density at radius 3 is 2.47 bits per heavy atom. The van der Waals surface area contributed by atoms with Crippen LogP contribution in [0.5, 0.6) is 5.75 Å². The molecular formula is C30H31FN4O7S. The average Bonchev–Trinajstić information content (AvgIpc) is 3.01. The fraction of sp³-hybridized carbons (Fsp3) is 0.300. The summed E-state index contributed by atoms with van der Waals surface area (Å²) in [5, 5.41) is 32.2. The van der Waals surface area contributed by atoms with Gasteiger partial charge in [-0.2, -0.15) is 4.31 Å². The Kier molecular flexibility index (Phi) is 8.87. The predicted octanol–water partition coefficient (Wildman–Crippen LogP) is 2.08. The van der Waals surface area contributed by atoms with Gasteiger partial charge in [0.05, 0.1) is 28.8 Å². The summed E-state index contributed by atoms with van der Waals surface area (Å²) in [6.45, 7) is -0.255. The van der Waals surface area contributed by atoms with E-state index in [4.69, 9.17) is 5.11 Å². The fourth-order valence-electron chi connectivity index (χ4n) is 5.09. The summed E-state index contributed by atoms with van der Waals surface area (Å²) in [5.41, 5.74) is -0.116. The lowest BCUT2D eigenvalue weighted by molar-refractivity contribution is 0.0799. The Morgan fingerprint density at radius 1 is 1.05 bits per heavy atom. The van der Waals surface area contributed by atoms with Gasteiger partial charge in [0.1, 0.15) is 16.9 Å². The van der Waals surface area contributed by atoms with E-state index in [-0.39, 0.29) is 28.2 Å². The predicted molar refractivity (Wildman–Crippen MR) is 156 cm³/mol. The van der Waals surface area contributed by atoms with Gasteiger partial charge in [-0.25, -0.2) is 12.8 Å². The number of piperidine rings is 1. The second kappa shape index (κ2) is 12.6. The zero-order chi connectivity index (χ0) is 30.7. The molecule has 0 saturated carbocycles. The number of sulfonamides is 1. The third-order valence-electron chi connectivity index (χ3n) is 7.33. The minimum Gasteiger partial charge on any atom is -0.505 e. The van der Waals surface area contributed by atoms with Crippen LogP contribution in [0.2, 0.25) is 0 Å². The molecule has 0 radical (unpaired) electrons. The molecule has 226 valence electrons. The first-order chi connectivity index (χ1) is 20.6. The highest BCUT2D eigenvalue weighted by Crippen LogP contribution is 2.29. The van der Waals surface area contributed by atoms with E-state index in [1.807, 2.05) is 0 Å². The number of hydrogen-bond acceptors (Lipinski definition) is 8. The van der Waals surface area contributed by atoms with Gasteiger partial charge in [-0.05, 0) is 66.8 Å². The SMILES string of the molecule is O=C(NCC(O)CO)c1c(O)c2ncc(Cc3ccc(F)cc3)cc2n(-c2cccc(S(=O)(=O)N3CCCCC3)c2)c1=O. The number of aromatic nitrogens is 2. The van der Waals surface area contributed by atoms with Crippen LogP contribution in [0, 0.1) is 5.82 Å². The van der Waals surface area contributed by atoms with E-state index in [0.29, 0.717) is 25.1 Å². The highest BCUT2D eigenvalue weighted by atomic mass is 32.2. The van der Waals surface area contributed by atoms with E-state index in [2.05, 4.69) is 10.3 Å². The molecule has 4 aromatic rings. The molecule has 0 bridgehead atoms. The van der Waals surface area contributed by atoms with Gasteiger partial charge in [0, 0.05) is 25.8 Å². The Morgan fingerprint density at radius 2 is 1.77 bits per heavy atom. The lowest BCUT2D eigenvalue weighted by atomic mass is 10.0. The third kappa shape index (κ3) is 6.30. The van der Waals surface area contributed by atoms with Crippen molar-refractivity contribution in [1.29, 1.82) is 0 Å². The highest BCUT2D eigenvalue weighted by Gasteiger charge is 2.28. The molecule has 4 N–H and O–H groups in total. The number of benzene rings is 2. The maximum Gasteiger partial charge on any atom is 0.272 e. The number of hydrogen-bond donors (Lipinski definition) is 4. The van der Waals surface area contributed by atoms with Crippen molar-refractivity contribution in [2.75, 3.05) is 26.2 Å². The molecule has 1 aliphatic rings. The molecular weight excluding hydrogens is 579 g/mol. The standard InChI is InChI=1S/C30H31FN4O7S/c31-21-9-7-19(8-10-21)13-20-14-25-27(32-16-20)28(38)26(29(39)33-17-23(37)18-36)30(40)35(25)22-5-4-6-24(15-22)43(41,42)34-11-2-1-3-12-34/h4-10,14-16,23,36-38H,1-3,11-13,17-18H2,(H,33,39). The maximum absolute atomic E-state index is 13.9. The van der Waals surface area contributed by atoms with Crippen LogP contribution in [0.4, 0.5) is 4.39 Å². The molecule has 1 amide bonds. The summed E-state index contributed by atoms with van der Waals surface area (Å²) >= 11 is 0. The van der Waals surface area contributed by atoms with Gasteiger partial charge >= 0.3 is 0 Å². The van der Waals surface area contributed by atoms with E-state index in [0.717, 1.165) is 29.4 Å². The summed E-state index contributed by atoms with van der Waals surface area (Å²) < 4.78 is 42.9. The van der Waals surface area contributed by atoms with Crippen LogP contribution < -0.4 is 10.9 Å². The molecule has 13 heteroatoms. The first-order valence-corrected chi connectivity index (χ1v) is 15.2. The summed E-state index contributed by atoms with van der Waals surface area (Å²) in [4.78, 5) is 31.3. The molecule has 2 aromatic heterocycles. The van der Waals surface area contributed by atoms with E-state index < -0.39 is 51.3 Å². The zero-order valence-electron chi connectivity index (χ0n) is 23.1. The van der Waals surface area contributed by atoms with Crippen molar-refractivity contribution < 1.29 is 32.9 Å². The number of aromatic hydroxyl groups is 1. The van der Waals surface area contributed by atoms with Crippen molar-refractivity contribution in [2.24, 2.45) is 0 Å². The van der Waals surface area contributed by atoms with E-state index >= 15 is 0 Å². The van der Waals surface area contributed by atoms with Gasteiger partial charge in [0.15, 0.2) is 5.75 Å². The summed E-state index contributed by atoms with van der Waals surface area (Å²) in [7, 11) is -3.88. The molecule has 43 heavy (non-hydrogen) atoms. The fourth-order valence-corrected chi connectivity index (χ4v) is 6.64. The molecule has 0 spiro atoms. The number of carbonyl (C=O) groups is 1. The van der Waals surface area contributed by atoms with Crippen LogP contribution in [0.1, 0.15) is 40.7 Å². The molecule has 1 unspecified atom stereocenters. The van der Waals surface area contributed by atoms with Crippen LogP contribution in [-0.4, -0.2) is 75.8 Å². The number of aliphatic hydroxyl groups is 2. The van der Waals surface area contributed by atoms with Crippen molar-refractivity contribution in [3.8, 4) is 11.4 Å². The first kappa shape index (κ1) is 30.3. The van der Waals surface area contributed by atoms with Crippen molar-refractivity contribution >= 4 is 27.0 Å². The number of halogens is 1. The highest BCUT2D eigenvalue weighted by molar-refractivity contribution is 7.89. The molecule has 1 aliphatic heterocycles. The molecule has 2 aromatic carbocycles. The second-order valence-electron chi connectivity index (χ2n) is 10.4.